The van der Waals surface area contributed by atoms with E-state index in [1.807, 2.05) is 6.07 Å². The second kappa shape index (κ2) is 4.56. The van der Waals surface area contributed by atoms with Gasteiger partial charge in [-0.3, -0.25) is 0 Å². The summed E-state index contributed by atoms with van der Waals surface area (Å²) in [6, 6.07) is 5.11. The number of nitrogens with one attached hydrogen (secondary N) is 1. The first-order chi connectivity index (χ1) is 8.74. The van der Waals surface area contributed by atoms with E-state index >= 15 is 0 Å². The maximum absolute atomic E-state index is 13.2. The molecule has 1 fully saturated rings. The molecule has 1 aliphatic carbocycles. The number of hydrogen-bond acceptors (Lipinski definition) is 2. The zero-order chi connectivity index (χ0) is 12.5. The predicted octanol–water partition coefficient (Wildman–Crippen LogP) is 3.66. The van der Waals surface area contributed by atoms with Gasteiger partial charge in [-0.05, 0) is 61.9 Å². The van der Waals surface area contributed by atoms with E-state index in [-0.39, 0.29) is 5.82 Å². The minimum absolute atomic E-state index is 0.162. The number of hydrogen-bond donors (Lipinski definition) is 1. The van der Waals surface area contributed by atoms with E-state index in [2.05, 4.69) is 10.3 Å². The summed E-state index contributed by atoms with van der Waals surface area (Å²) in [5.41, 5.74) is 3.08. The summed E-state index contributed by atoms with van der Waals surface area (Å²) < 4.78 is 13.2. The second-order valence-electron chi connectivity index (χ2n) is 5.06. The molecule has 1 saturated carbocycles. The van der Waals surface area contributed by atoms with Gasteiger partial charge in [-0.2, -0.15) is 0 Å². The molecule has 1 aromatic carbocycles. The average Bonchev–Trinajstić information content (AvgIpc) is 2.33. The number of halogens is 1. The smallest absolute Gasteiger partial charge is 0.141 e. The summed E-state index contributed by atoms with van der Waals surface area (Å²) in [6.07, 6.45) is 6.23. The van der Waals surface area contributed by atoms with E-state index in [9.17, 15) is 4.39 Å². The molecular formula is C15H17FN2. The fourth-order valence-electron chi connectivity index (χ4n) is 2.54. The van der Waals surface area contributed by atoms with Crippen molar-refractivity contribution < 1.29 is 4.39 Å². The number of rotatable bonds is 1. The zero-order valence-electron chi connectivity index (χ0n) is 10.6. The van der Waals surface area contributed by atoms with Crippen LogP contribution in [0.1, 0.15) is 43.2 Å². The Kier molecular flexibility index (Phi) is 2.90. The van der Waals surface area contributed by atoms with Gasteiger partial charge in [0.05, 0.1) is 0 Å². The number of nitrogens with zero attached hydrogens (tertiary/aromatic N) is 1. The highest BCUT2D eigenvalue weighted by molar-refractivity contribution is 6.04. The van der Waals surface area contributed by atoms with Crippen LogP contribution in [0, 0.1) is 12.7 Å². The van der Waals surface area contributed by atoms with Crippen LogP contribution in [0.4, 0.5) is 4.39 Å². The molecule has 2 nitrogen and oxygen atoms in total. The Balaban J connectivity index is 1.82. The van der Waals surface area contributed by atoms with E-state index in [0.717, 1.165) is 17.2 Å². The molecule has 0 aromatic heterocycles. The summed E-state index contributed by atoms with van der Waals surface area (Å²) in [5, 5.41) is 3.32. The van der Waals surface area contributed by atoms with Crippen LogP contribution in [-0.2, 0) is 0 Å². The van der Waals surface area contributed by atoms with Crippen molar-refractivity contribution in [3.63, 3.8) is 0 Å². The minimum atomic E-state index is -0.162. The van der Waals surface area contributed by atoms with Crippen LogP contribution in [-0.4, -0.2) is 5.84 Å². The Morgan fingerprint density at radius 3 is 2.56 bits per heavy atom. The standard InChI is InChI=1S/C15H17FN2/c1-10-9-12(7-8-13(10)16)15-17-14(18-15)11-5-3-2-4-6-11/h7-9H,2-6H2,1H3,(H,17,18). The summed E-state index contributed by atoms with van der Waals surface area (Å²) >= 11 is 0. The Morgan fingerprint density at radius 2 is 1.89 bits per heavy atom. The highest BCUT2D eigenvalue weighted by atomic mass is 19.1. The summed E-state index contributed by atoms with van der Waals surface area (Å²) in [4.78, 5) is 4.55. The van der Waals surface area contributed by atoms with Crippen LogP contribution < -0.4 is 5.32 Å². The molecule has 1 aromatic rings. The van der Waals surface area contributed by atoms with E-state index in [0.29, 0.717) is 5.56 Å². The molecule has 0 amide bonds. The maximum Gasteiger partial charge on any atom is 0.141 e. The number of amidine groups is 1. The monoisotopic (exact) mass is 244 g/mol. The molecular weight excluding hydrogens is 227 g/mol. The molecule has 0 atom stereocenters. The first-order valence-corrected chi connectivity index (χ1v) is 6.58. The van der Waals surface area contributed by atoms with Crippen LogP contribution in [0.3, 0.4) is 0 Å². The highest BCUT2D eigenvalue weighted by Gasteiger charge is 2.20. The van der Waals surface area contributed by atoms with Crippen molar-refractivity contribution >= 4 is 5.84 Å². The van der Waals surface area contributed by atoms with Crippen molar-refractivity contribution in [3.8, 4) is 0 Å². The van der Waals surface area contributed by atoms with Crippen LogP contribution >= 0.6 is 0 Å². The number of benzene rings is 1. The lowest BCUT2D eigenvalue weighted by Gasteiger charge is -2.25. The lowest BCUT2D eigenvalue weighted by molar-refractivity contribution is 0.586. The third-order valence-corrected chi connectivity index (χ3v) is 3.68. The lowest BCUT2D eigenvalue weighted by atomic mass is 9.94. The summed E-state index contributed by atoms with van der Waals surface area (Å²) in [7, 11) is 0. The summed E-state index contributed by atoms with van der Waals surface area (Å²) in [5.74, 6) is 1.75. The van der Waals surface area contributed by atoms with Gasteiger partial charge in [0.25, 0.3) is 0 Å². The highest BCUT2D eigenvalue weighted by Crippen LogP contribution is 2.28. The predicted molar refractivity (Wildman–Crippen MR) is 70.9 cm³/mol. The largest absolute Gasteiger partial charge is 0.324 e. The van der Waals surface area contributed by atoms with Gasteiger partial charge in [-0.15, -0.1) is 0 Å². The fraction of sp³-hybridized carbons (Fsp3) is 0.400. The van der Waals surface area contributed by atoms with Gasteiger partial charge in [0, 0.05) is 5.56 Å². The molecule has 3 heteroatoms. The molecule has 0 bridgehead atoms. The van der Waals surface area contributed by atoms with Gasteiger partial charge in [-0.25, -0.2) is 9.38 Å². The Morgan fingerprint density at radius 1 is 1.17 bits per heavy atom. The molecule has 18 heavy (non-hydrogen) atoms. The zero-order valence-corrected chi connectivity index (χ0v) is 10.6. The molecule has 1 N–H and O–H groups in total. The van der Waals surface area contributed by atoms with Gasteiger partial charge in [0.1, 0.15) is 17.5 Å². The van der Waals surface area contributed by atoms with Crippen LogP contribution in [0.15, 0.2) is 34.6 Å². The Bertz CT molecular complexity index is 535. The number of aliphatic imine (C=N–C) groups is 1. The van der Waals surface area contributed by atoms with Crippen molar-refractivity contribution in [1.29, 1.82) is 0 Å². The third kappa shape index (κ3) is 2.05. The molecule has 0 unspecified atom stereocenters. The molecule has 0 radical (unpaired) electrons. The summed E-state index contributed by atoms with van der Waals surface area (Å²) in [6.45, 7) is 1.78. The maximum atomic E-state index is 13.2. The quantitative estimate of drug-likeness (QED) is 0.801. The van der Waals surface area contributed by atoms with Crippen LogP contribution in [0.25, 0.3) is 0 Å². The Hall–Kier alpha value is -1.64. The first kappa shape index (κ1) is 11.5. The first-order valence-electron chi connectivity index (χ1n) is 6.58. The molecule has 1 aliphatic heterocycles. The van der Waals surface area contributed by atoms with Crippen molar-refractivity contribution in [2.45, 2.75) is 39.0 Å². The molecule has 1 heterocycles. The van der Waals surface area contributed by atoms with Gasteiger partial charge >= 0.3 is 0 Å². The fourth-order valence-corrected chi connectivity index (χ4v) is 2.54. The lowest BCUT2D eigenvalue weighted by Crippen LogP contribution is -2.34. The molecule has 0 spiro atoms. The minimum Gasteiger partial charge on any atom is -0.324 e. The van der Waals surface area contributed by atoms with Gasteiger partial charge in [-0.1, -0.05) is 6.42 Å². The second-order valence-corrected chi connectivity index (χ2v) is 5.06. The molecule has 0 saturated heterocycles. The SMILES string of the molecule is Cc1cc(C2=NC(=C3CCCCC3)N2)ccc1F. The average molecular weight is 244 g/mol. The van der Waals surface area contributed by atoms with Crippen molar-refractivity contribution in [1.82, 2.24) is 5.32 Å². The Labute approximate surface area is 107 Å². The normalized spacial score (nSPS) is 19.1. The van der Waals surface area contributed by atoms with Crippen molar-refractivity contribution in [2.24, 2.45) is 4.99 Å². The number of allylic oxidation sites excluding steroid dienone is 1. The van der Waals surface area contributed by atoms with E-state index in [1.54, 1.807) is 13.0 Å². The number of aryl methyl sites for hydroxylation is 1. The van der Waals surface area contributed by atoms with E-state index in [4.69, 9.17) is 0 Å². The van der Waals surface area contributed by atoms with Crippen molar-refractivity contribution in [2.75, 3.05) is 0 Å². The van der Waals surface area contributed by atoms with E-state index < -0.39 is 0 Å². The van der Waals surface area contributed by atoms with Crippen LogP contribution in [0.5, 0.6) is 0 Å². The molecule has 3 rings (SSSR count). The van der Waals surface area contributed by atoms with E-state index in [1.165, 1.54) is 43.7 Å². The molecule has 2 aliphatic rings. The van der Waals surface area contributed by atoms with Gasteiger partial charge < -0.3 is 5.32 Å². The van der Waals surface area contributed by atoms with Crippen molar-refractivity contribution in [3.05, 3.63) is 46.5 Å². The third-order valence-electron chi connectivity index (χ3n) is 3.68. The topological polar surface area (TPSA) is 24.4 Å². The van der Waals surface area contributed by atoms with Gasteiger partial charge in [0.2, 0.25) is 0 Å². The molecule has 94 valence electrons. The van der Waals surface area contributed by atoms with Crippen LogP contribution in [0.2, 0.25) is 0 Å². The van der Waals surface area contributed by atoms with Gasteiger partial charge in [0.15, 0.2) is 0 Å².